The van der Waals surface area contributed by atoms with Crippen LogP contribution in [0.5, 0.6) is 0 Å². The van der Waals surface area contributed by atoms with Crippen LogP contribution in [0, 0.1) is 10.1 Å². The lowest BCUT2D eigenvalue weighted by atomic mass is 10.1. The van der Waals surface area contributed by atoms with Crippen molar-refractivity contribution in [3.8, 4) is 0 Å². The molecule has 1 aliphatic heterocycles. The first-order chi connectivity index (χ1) is 13.5. The summed E-state index contributed by atoms with van der Waals surface area (Å²) in [6.45, 7) is 2.46. The maximum absolute atomic E-state index is 12.6. The fraction of sp³-hybridized carbons (Fsp3) is 0.714. The van der Waals surface area contributed by atoms with Crippen LogP contribution in [0.4, 0.5) is 18.9 Å². The lowest BCUT2D eigenvalue weighted by molar-refractivity contribution is -0.385. The Morgan fingerprint density at radius 1 is 1.40 bits per heavy atom. The zero-order valence-corrected chi connectivity index (χ0v) is 19.1. The van der Waals surface area contributed by atoms with Gasteiger partial charge in [-0.3, -0.25) is 19.8 Å². The minimum Gasteiger partial charge on any atom is -0.357 e. The van der Waals surface area contributed by atoms with E-state index < -0.39 is 20.5 Å². The molecule has 1 saturated heterocycles. The second-order valence-electron chi connectivity index (χ2n) is 6.25. The summed E-state index contributed by atoms with van der Waals surface area (Å²) in [6, 6.07) is -0.238. The van der Waals surface area contributed by atoms with E-state index in [1.54, 1.807) is 0 Å². The second kappa shape index (κ2) is 11.1. The third kappa shape index (κ3) is 6.93. The predicted octanol–water partition coefficient (Wildman–Crippen LogP) is 1.28. The largest absolute Gasteiger partial charge is 0.511 e. The number of nitro groups is 1. The molecule has 16 heteroatoms. The SMILES string of the molecule is CCNC(=NCCn1cc([N+](=O)[O-])cn1)NC1CCN(S(=O)(=O)C(F)(F)F)CC1.I. The van der Waals surface area contributed by atoms with Crippen molar-refractivity contribution in [1.29, 1.82) is 0 Å². The molecule has 30 heavy (non-hydrogen) atoms. The summed E-state index contributed by atoms with van der Waals surface area (Å²) in [7, 11) is -5.31. The van der Waals surface area contributed by atoms with Gasteiger partial charge in [0, 0.05) is 25.7 Å². The molecule has 2 heterocycles. The number of aliphatic imine (C=N–C) groups is 1. The van der Waals surface area contributed by atoms with Gasteiger partial charge in [-0.1, -0.05) is 0 Å². The molecule has 1 aliphatic rings. The summed E-state index contributed by atoms with van der Waals surface area (Å²) in [5.74, 6) is 0.422. The molecule has 0 amide bonds. The molecule has 1 aromatic heterocycles. The molecule has 0 unspecified atom stereocenters. The Morgan fingerprint density at radius 2 is 2.03 bits per heavy atom. The topological polar surface area (TPSA) is 135 Å². The Balaban J connectivity index is 0.00000450. The van der Waals surface area contributed by atoms with E-state index in [1.165, 1.54) is 10.9 Å². The maximum Gasteiger partial charge on any atom is 0.511 e. The van der Waals surface area contributed by atoms with Crippen molar-refractivity contribution in [2.24, 2.45) is 4.99 Å². The van der Waals surface area contributed by atoms with Gasteiger partial charge in [0.25, 0.3) is 0 Å². The van der Waals surface area contributed by atoms with E-state index in [2.05, 4.69) is 20.7 Å². The average molecular weight is 569 g/mol. The molecule has 0 aliphatic carbocycles. The van der Waals surface area contributed by atoms with Crippen LogP contribution in [0.2, 0.25) is 0 Å². The third-order valence-electron chi connectivity index (χ3n) is 4.20. The quantitative estimate of drug-likeness (QED) is 0.166. The van der Waals surface area contributed by atoms with Crippen LogP contribution in [-0.4, -0.2) is 71.1 Å². The van der Waals surface area contributed by atoms with Gasteiger partial charge in [-0.05, 0) is 19.8 Å². The van der Waals surface area contributed by atoms with Gasteiger partial charge in [0.2, 0.25) is 0 Å². The molecule has 0 atom stereocenters. The highest BCUT2D eigenvalue weighted by molar-refractivity contribution is 14.0. The van der Waals surface area contributed by atoms with Gasteiger partial charge in [-0.2, -0.15) is 22.6 Å². The van der Waals surface area contributed by atoms with Gasteiger partial charge in [-0.25, -0.2) is 8.42 Å². The van der Waals surface area contributed by atoms with Gasteiger partial charge < -0.3 is 10.6 Å². The molecule has 0 saturated carbocycles. The first kappa shape index (κ1) is 26.3. The van der Waals surface area contributed by atoms with E-state index in [0.29, 0.717) is 23.4 Å². The molecule has 1 aromatic rings. The number of hydrogen-bond donors (Lipinski definition) is 2. The number of guanidine groups is 1. The third-order valence-corrected chi connectivity index (χ3v) is 5.83. The molecule has 0 bridgehead atoms. The van der Waals surface area contributed by atoms with Crippen molar-refractivity contribution in [2.45, 2.75) is 37.9 Å². The molecule has 172 valence electrons. The van der Waals surface area contributed by atoms with Crippen LogP contribution in [-0.2, 0) is 16.6 Å². The molecule has 2 N–H and O–H groups in total. The molecule has 11 nitrogen and oxygen atoms in total. The average Bonchev–Trinajstić information content (AvgIpc) is 3.10. The van der Waals surface area contributed by atoms with Crippen molar-refractivity contribution < 1.29 is 26.5 Å². The fourth-order valence-electron chi connectivity index (χ4n) is 2.73. The normalized spacial score (nSPS) is 16.7. The van der Waals surface area contributed by atoms with Gasteiger partial charge >= 0.3 is 21.2 Å². The van der Waals surface area contributed by atoms with E-state index in [4.69, 9.17) is 0 Å². The summed E-state index contributed by atoms with van der Waals surface area (Å²) in [6.07, 6.45) is 2.82. The van der Waals surface area contributed by atoms with Crippen molar-refractivity contribution in [3.05, 3.63) is 22.5 Å². The Labute approximate surface area is 188 Å². The summed E-state index contributed by atoms with van der Waals surface area (Å²) >= 11 is 0. The Hall–Kier alpha value is -1.69. The lowest BCUT2D eigenvalue weighted by Gasteiger charge is -2.32. The number of piperidine rings is 1. The molecule has 2 rings (SSSR count). The number of nitrogens with zero attached hydrogens (tertiary/aromatic N) is 5. The molecular weight excluding hydrogens is 546 g/mol. The predicted molar refractivity (Wildman–Crippen MR) is 113 cm³/mol. The van der Waals surface area contributed by atoms with Crippen LogP contribution in [0.1, 0.15) is 19.8 Å². The Bertz CT molecular complexity index is 839. The number of nitrogens with one attached hydrogen (secondary N) is 2. The van der Waals surface area contributed by atoms with Crippen molar-refractivity contribution in [2.75, 3.05) is 26.2 Å². The maximum atomic E-state index is 12.6. The lowest BCUT2D eigenvalue weighted by Crippen LogP contribution is -2.51. The highest BCUT2D eigenvalue weighted by Crippen LogP contribution is 2.28. The monoisotopic (exact) mass is 569 g/mol. The van der Waals surface area contributed by atoms with Crippen LogP contribution in [0.25, 0.3) is 0 Å². The Morgan fingerprint density at radius 3 is 2.53 bits per heavy atom. The Kier molecular flexibility index (Phi) is 9.73. The van der Waals surface area contributed by atoms with E-state index >= 15 is 0 Å². The van der Waals surface area contributed by atoms with E-state index in [1.807, 2.05) is 6.92 Å². The number of rotatable bonds is 7. The van der Waals surface area contributed by atoms with Gasteiger partial charge in [0.15, 0.2) is 5.96 Å². The van der Waals surface area contributed by atoms with Crippen molar-refractivity contribution in [3.63, 3.8) is 0 Å². The number of halogens is 4. The van der Waals surface area contributed by atoms with Gasteiger partial charge in [-0.15, -0.1) is 24.0 Å². The van der Waals surface area contributed by atoms with Crippen LogP contribution >= 0.6 is 24.0 Å². The number of aromatic nitrogens is 2. The van der Waals surface area contributed by atoms with Crippen molar-refractivity contribution >= 4 is 45.6 Å². The molecule has 0 spiro atoms. The summed E-state index contributed by atoms with van der Waals surface area (Å²) in [5, 5.41) is 20.6. The zero-order chi connectivity index (χ0) is 21.7. The van der Waals surface area contributed by atoms with E-state index in [-0.39, 0.29) is 68.2 Å². The molecule has 0 aromatic carbocycles. The van der Waals surface area contributed by atoms with Crippen LogP contribution in [0.3, 0.4) is 0 Å². The minimum absolute atomic E-state index is 0. The summed E-state index contributed by atoms with van der Waals surface area (Å²) in [4.78, 5) is 14.4. The minimum atomic E-state index is -5.31. The van der Waals surface area contributed by atoms with Crippen LogP contribution in [0.15, 0.2) is 17.4 Å². The second-order valence-corrected chi connectivity index (χ2v) is 8.18. The van der Waals surface area contributed by atoms with Gasteiger partial charge in [0.1, 0.15) is 12.4 Å². The summed E-state index contributed by atoms with van der Waals surface area (Å²) < 4.78 is 62.6. The number of sulfonamides is 1. The summed E-state index contributed by atoms with van der Waals surface area (Å²) in [5.41, 5.74) is -5.43. The highest BCUT2D eigenvalue weighted by Gasteiger charge is 2.50. The highest BCUT2D eigenvalue weighted by atomic mass is 127. The first-order valence-electron chi connectivity index (χ1n) is 8.82. The number of alkyl halides is 3. The smallest absolute Gasteiger partial charge is 0.357 e. The number of hydrogen-bond acceptors (Lipinski definition) is 6. The van der Waals surface area contributed by atoms with Gasteiger partial charge in [0.05, 0.1) is 18.0 Å². The van der Waals surface area contributed by atoms with E-state index in [9.17, 15) is 31.7 Å². The zero-order valence-electron chi connectivity index (χ0n) is 16.0. The van der Waals surface area contributed by atoms with Crippen molar-refractivity contribution in [1.82, 2.24) is 24.7 Å². The standard InChI is InChI=1S/C14H22F3N7O4S.HI/c1-2-18-13(19-5-8-22-10-12(9-20-22)24(25)26)21-11-3-6-23(7-4-11)29(27,28)14(15,16)17;/h9-11H,2-8H2,1H3,(H2,18,19,21);1H. The first-order valence-corrected chi connectivity index (χ1v) is 10.3. The fourth-order valence-corrected chi connectivity index (χ4v) is 3.72. The molecular formula is C14H23F3IN7O4S. The van der Waals surface area contributed by atoms with Crippen LogP contribution < -0.4 is 10.6 Å². The molecule has 0 radical (unpaired) electrons. The molecule has 1 fully saturated rings. The van der Waals surface area contributed by atoms with E-state index in [0.717, 1.165) is 6.20 Å².